The van der Waals surface area contributed by atoms with Gasteiger partial charge in [0.25, 0.3) is 0 Å². The quantitative estimate of drug-likeness (QED) is 0.802. The van der Waals surface area contributed by atoms with Crippen LogP contribution in [0.4, 0.5) is 11.6 Å². The van der Waals surface area contributed by atoms with Crippen LogP contribution in [0.2, 0.25) is 0 Å². The van der Waals surface area contributed by atoms with Crippen molar-refractivity contribution in [2.24, 2.45) is 0 Å². The highest BCUT2D eigenvalue weighted by molar-refractivity contribution is 5.49. The molecule has 1 aliphatic rings. The van der Waals surface area contributed by atoms with Gasteiger partial charge in [0.15, 0.2) is 0 Å². The highest BCUT2D eigenvalue weighted by Gasteiger charge is 2.25. The molecule has 0 radical (unpaired) electrons. The Morgan fingerprint density at radius 2 is 2.12 bits per heavy atom. The smallest absolute Gasteiger partial charge is 0.134 e. The van der Waals surface area contributed by atoms with Gasteiger partial charge in [-0.3, -0.25) is 4.68 Å². The van der Waals surface area contributed by atoms with Gasteiger partial charge in [0.2, 0.25) is 0 Å². The second-order valence-electron chi connectivity index (χ2n) is 6.60. The third-order valence-corrected chi connectivity index (χ3v) is 5.09. The highest BCUT2D eigenvalue weighted by atomic mass is 15.3. The number of aryl methyl sites for hydroxylation is 2. The normalized spacial score (nSPS) is 17.3. The molecule has 0 aliphatic carbocycles. The maximum Gasteiger partial charge on any atom is 0.134 e. The Hall–Kier alpha value is -2.15. The van der Waals surface area contributed by atoms with Gasteiger partial charge >= 0.3 is 0 Å². The maximum atomic E-state index is 4.60. The summed E-state index contributed by atoms with van der Waals surface area (Å²) in [7, 11) is 1.89. The molecule has 0 bridgehead atoms. The molecule has 2 N–H and O–H groups in total. The number of hydrogen-bond donors (Lipinski definition) is 2. The van der Waals surface area contributed by atoms with Gasteiger partial charge in [-0.2, -0.15) is 5.10 Å². The molecule has 1 atom stereocenters. The maximum absolute atomic E-state index is 4.60. The molecule has 0 aromatic carbocycles. The van der Waals surface area contributed by atoms with Crippen LogP contribution in [0.1, 0.15) is 36.7 Å². The molecule has 3 heterocycles. The first-order valence-corrected chi connectivity index (χ1v) is 9.14. The Balaban J connectivity index is 1.62. The van der Waals surface area contributed by atoms with Crippen LogP contribution in [-0.2, 0) is 13.1 Å². The summed E-state index contributed by atoms with van der Waals surface area (Å²) in [4.78, 5) is 11.1. The average molecular weight is 343 g/mol. The number of nitrogens with one attached hydrogen (secondary N) is 2. The molecule has 0 saturated carbocycles. The van der Waals surface area contributed by atoms with Crippen molar-refractivity contribution in [1.82, 2.24) is 25.1 Å². The van der Waals surface area contributed by atoms with Gasteiger partial charge in [-0.25, -0.2) is 9.97 Å². The average Bonchev–Trinajstić information content (AvgIpc) is 3.21. The molecule has 25 heavy (non-hydrogen) atoms. The molecule has 136 valence electrons. The fourth-order valence-electron chi connectivity index (χ4n) is 3.65. The highest BCUT2D eigenvalue weighted by Crippen LogP contribution is 2.24. The number of anilines is 2. The summed E-state index contributed by atoms with van der Waals surface area (Å²) in [6, 6.07) is 2.50. The topological polar surface area (TPSA) is 70.9 Å². The van der Waals surface area contributed by atoms with Gasteiger partial charge in [0, 0.05) is 56.6 Å². The summed E-state index contributed by atoms with van der Waals surface area (Å²) in [5.41, 5.74) is 3.72. The molecular formula is C18H29N7. The van der Waals surface area contributed by atoms with Crippen molar-refractivity contribution in [3.63, 3.8) is 0 Å². The minimum absolute atomic E-state index is 0.474. The van der Waals surface area contributed by atoms with Crippen molar-refractivity contribution >= 4 is 11.6 Å². The van der Waals surface area contributed by atoms with E-state index in [0.29, 0.717) is 6.04 Å². The lowest BCUT2D eigenvalue weighted by molar-refractivity contribution is 0.568. The van der Waals surface area contributed by atoms with E-state index in [9.17, 15) is 0 Å². The lowest BCUT2D eigenvalue weighted by Crippen LogP contribution is -2.38. The van der Waals surface area contributed by atoms with Gasteiger partial charge in [-0.1, -0.05) is 0 Å². The largest absolute Gasteiger partial charge is 0.373 e. The van der Waals surface area contributed by atoms with Gasteiger partial charge in [0.05, 0.1) is 5.69 Å². The van der Waals surface area contributed by atoms with Crippen molar-refractivity contribution in [3.05, 3.63) is 29.3 Å². The van der Waals surface area contributed by atoms with E-state index in [4.69, 9.17) is 0 Å². The van der Waals surface area contributed by atoms with Gasteiger partial charge in [-0.15, -0.1) is 0 Å². The Labute approximate surface area is 149 Å². The van der Waals surface area contributed by atoms with E-state index in [-0.39, 0.29) is 0 Å². The van der Waals surface area contributed by atoms with Crippen LogP contribution in [0.5, 0.6) is 0 Å². The summed E-state index contributed by atoms with van der Waals surface area (Å²) in [6.07, 6.45) is 4.03. The van der Waals surface area contributed by atoms with Crippen molar-refractivity contribution in [2.45, 2.75) is 52.7 Å². The second kappa shape index (κ2) is 7.82. The lowest BCUT2D eigenvalue weighted by Gasteiger charge is -2.26. The van der Waals surface area contributed by atoms with Gasteiger partial charge in [0.1, 0.15) is 18.0 Å². The third-order valence-electron chi connectivity index (χ3n) is 5.09. The van der Waals surface area contributed by atoms with Crippen LogP contribution >= 0.6 is 0 Å². The van der Waals surface area contributed by atoms with Gasteiger partial charge < -0.3 is 15.5 Å². The zero-order valence-electron chi connectivity index (χ0n) is 15.7. The van der Waals surface area contributed by atoms with Crippen LogP contribution < -0.4 is 15.5 Å². The Kier molecular flexibility index (Phi) is 5.53. The Morgan fingerprint density at radius 1 is 1.28 bits per heavy atom. The Bertz CT molecular complexity index is 709. The molecule has 0 unspecified atom stereocenters. The van der Waals surface area contributed by atoms with E-state index in [1.165, 1.54) is 24.1 Å². The van der Waals surface area contributed by atoms with Crippen molar-refractivity contribution < 1.29 is 0 Å². The summed E-state index contributed by atoms with van der Waals surface area (Å²) in [6.45, 7) is 10.2. The third kappa shape index (κ3) is 3.76. The fraction of sp³-hybridized carbons (Fsp3) is 0.611. The minimum Gasteiger partial charge on any atom is -0.373 e. The molecule has 7 heteroatoms. The molecule has 0 spiro atoms. The first-order valence-electron chi connectivity index (χ1n) is 9.14. The molecule has 3 rings (SSSR count). The fourth-order valence-corrected chi connectivity index (χ4v) is 3.65. The number of rotatable bonds is 7. The first kappa shape index (κ1) is 17.7. The van der Waals surface area contributed by atoms with Crippen LogP contribution in [-0.4, -0.2) is 45.9 Å². The minimum atomic E-state index is 0.474. The summed E-state index contributed by atoms with van der Waals surface area (Å²) in [5.74, 6) is 1.87. The SMILES string of the molecule is CCn1nc(C)c(CNC[C@H]2CCCN2c2cc(NC)ncn2)c1C. The predicted octanol–water partition coefficient (Wildman–Crippen LogP) is 2.11. The van der Waals surface area contributed by atoms with Crippen LogP contribution in [0.15, 0.2) is 12.4 Å². The second-order valence-corrected chi connectivity index (χ2v) is 6.60. The van der Waals surface area contributed by atoms with E-state index in [1.807, 2.05) is 13.1 Å². The molecule has 1 saturated heterocycles. The molecule has 2 aromatic rings. The zero-order valence-corrected chi connectivity index (χ0v) is 15.7. The summed E-state index contributed by atoms with van der Waals surface area (Å²) in [5, 5.41) is 11.3. The van der Waals surface area contributed by atoms with Crippen molar-refractivity contribution in [2.75, 3.05) is 30.4 Å². The summed E-state index contributed by atoms with van der Waals surface area (Å²) < 4.78 is 2.08. The number of nitrogens with zero attached hydrogens (tertiary/aromatic N) is 5. The standard InChI is InChI=1S/C18H29N7/c1-5-25-14(3)16(13(2)23-25)11-20-10-15-7-6-8-24(15)18-9-17(19-4)21-12-22-18/h9,12,15,20H,5-8,10-11H2,1-4H3,(H,19,21,22)/t15-/m1/s1. The predicted molar refractivity (Wildman–Crippen MR) is 101 cm³/mol. The zero-order chi connectivity index (χ0) is 17.8. The first-order chi connectivity index (χ1) is 12.1. The van der Waals surface area contributed by atoms with Crippen molar-refractivity contribution in [3.8, 4) is 0 Å². The van der Waals surface area contributed by atoms with Crippen LogP contribution in [0, 0.1) is 13.8 Å². The molecule has 1 aliphatic heterocycles. The van der Waals surface area contributed by atoms with Gasteiger partial charge in [-0.05, 0) is 33.6 Å². The lowest BCUT2D eigenvalue weighted by atomic mass is 10.1. The van der Waals surface area contributed by atoms with E-state index in [0.717, 1.165) is 43.5 Å². The van der Waals surface area contributed by atoms with E-state index >= 15 is 0 Å². The van der Waals surface area contributed by atoms with E-state index < -0.39 is 0 Å². The number of aromatic nitrogens is 4. The van der Waals surface area contributed by atoms with Crippen LogP contribution in [0.25, 0.3) is 0 Å². The van der Waals surface area contributed by atoms with Crippen molar-refractivity contribution in [1.29, 1.82) is 0 Å². The molecular weight excluding hydrogens is 314 g/mol. The molecule has 0 amide bonds. The monoisotopic (exact) mass is 343 g/mol. The van der Waals surface area contributed by atoms with E-state index in [1.54, 1.807) is 6.33 Å². The van der Waals surface area contributed by atoms with E-state index in [2.05, 4.69) is 56.1 Å². The number of hydrogen-bond acceptors (Lipinski definition) is 6. The molecule has 1 fully saturated rings. The Morgan fingerprint density at radius 3 is 2.84 bits per heavy atom. The molecule has 2 aromatic heterocycles. The van der Waals surface area contributed by atoms with Crippen LogP contribution in [0.3, 0.4) is 0 Å². The molecule has 7 nitrogen and oxygen atoms in total. The summed E-state index contributed by atoms with van der Waals surface area (Å²) >= 11 is 0.